The summed E-state index contributed by atoms with van der Waals surface area (Å²) in [5.41, 5.74) is 3.21. The largest absolute Gasteiger partial charge is 0.375 e. The molecule has 1 fully saturated rings. The Hall–Kier alpha value is -2.80. The number of hydrogen-bond acceptors (Lipinski definition) is 5. The maximum atomic E-state index is 11.0. The van der Waals surface area contributed by atoms with Gasteiger partial charge in [-0.25, -0.2) is 0 Å². The molecule has 5 nitrogen and oxygen atoms in total. The van der Waals surface area contributed by atoms with Gasteiger partial charge in [-0.1, -0.05) is 97.1 Å². The van der Waals surface area contributed by atoms with Crippen molar-refractivity contribution in [1.29, 1.82) is 0 Å². The first-order valence-electron chi connectivity index (χ1n) is 11.3. The maximum Gasteiger partial charge on any atom is 0.107 e. The zero-order chi connectivity index (χ0) is 22.9. The Morgan fingerprint density at radius 1 is 0.697 bits per heavy atom. The van der Waals surface area contributed by atoms with Crippen LogP contribution < -0.4 is 0 Å². The predicted molar refractivity (Wildman–Crippen MR) is 128 cm³/mol. The Balaban J connectivity index is 1.47. The molecule has 4 rings (SSSR count). The second-order valence-corrected chi connectivity index (χ2v) is 8.20. The van der Waals surface area contributed by atoms with Gasteiger partial charge in [-0.15, -0.1) is 6.58 Å². The van der Waals surface area contributed by atoms with Crippen molar-refractivity contribution >= 4 is 0 Å². The number of hydrogen-bond donors (Lipinski definition) is 1. The molecule has 0 aromatic heterocycles. The highest BCUT2D eigenvalue weighted by Gasteiger charge is 2.49. The third-order valence-corrected chi connectivity index (χ3v) is 5.90. The van der Waals surface area contributed by atoms with Crippen molar-refractivity contribution in [3.8, 4) is 0 Å². The monoisotopic (exact) mass is 445 g/mol. The Labute approximate surface area is 195 Å². The second kappa shape index (κ2) is 11.9. The Bertz CT molecular complexity index is 967. The minimum atomic E-state index is -0.403. The second-order valence-electron chi connectivity index (χ2n) is 8.20. The predicted octanol–water partition coefficient (Wildman–Crippen LogP) is 5.00. The van der Waals surface area contributed by atoms with Crippen LogP contribution in [0.25, 0.3) is 0 Å². The smallest absolute Gasteiger partial charge is 0.107 e. The van der Waals surface area contributed by atoms with Gasteiger partial charge in [-0.05, 0) is 16.7 Å². The zero-order valence-corrected chi connectivity index (χ0v) is 18.7. The number of benzene rings is 3. The first-order chi connectivity index (χ1) is 16.3. The average molecular weight is 446 g/mol. The van der Waals surface area contributed by atoms with Crippen molar-refractivity contribution in [2.75, 3.05) is 6.61 Å². The van der Waals surface area contributed by atoms with E-state index in [0.717, 1.165) is 16.7 Å². The normalized spacial score (nSPS) is 22.9. The molecular formula is C28H31NO4. The summed E-state index contributed by atoms with van der Waals surface area (Å²) in [6, 6.07) is 29.2. The Kier molecular flexibility index (Phi) is 8.41. The van der Waals surface area contributed by atoms with Crippen LogP contribution >= 0.6 is 0 Å². The van der Waals surface area contributed by atoms with Crippen LogP contribution in [0.15, 0.2) is 104 Å². The summed E-state index contributed by atoms with van der Waals surface area (Å²) in [5, 5.41) is 12.3. The molecule has 5 heteroatoms. The molecule has 3 aromatic rings. The minimum Gasteiger partial charge on any atom is -0.375 e. The molecule has 0 aliphatic carbocycles. The average Bonchev–Trinajstić information content (AvgIpc) is 3.13. The third kappa shape index (κ3) is 6.16. The lowest BCUT2D eigenvalue weighted by atomic mass is 10.1. The summed E-state index contributed by atoms with van der Waals surface area (Å²) < 4.78 is 18.6. The molecule has 172 valence electrons. The first-order valence-corrected chi connectivity index (χ1v) is 11.3. The van der Waals surface area contributed by atoms with Gasteiger partial charge in [0.05, 0.1) is 38.5 Å². The van der Waals surface area contributed by atoms with Crippen molar-refractivity contribution < 1.29 is 19.4 Å². The number of hydroxylamine groups is 2. The fourth-order valence-electron chi connectivity index (χ4n) is 4.15. The van der Waals surface area contributed by atoms with Crippen LogP contribution in [0.4, 0.5) is 0 Å². The topological polar surface area (TPSA) is 51.2 Å². The molecule has 0 amide bonds. The van der Waals surface area contributed by atoms with E-state index in [2.05, 4.69) is 6.58 Å². The lowest BCUT2D eigenvalue weighted by molar-refractivity contribution is -0.156. The van der Waals surface area contributed by atoms with E-state index in [9.17, 15) is 5.21 Å². The van der Waals surface area contributed by atoms with Gasteiger partial charge in [0.1, 0.15) is 12.2 Å². The van der Waals surface area contributed by atoms with E-state index in [-0.39, 0.29) is 12.1 Å². The molecule has 1 aliphatic heterocycles. The third-order valence-electron chi connectivity index (χ3n) is 5.90. The zero-order valence-electron chi connectivity index (χ0n) is 18.7. The fourth-order valence-corrected chi connectivity index (χ4v) is 4.15. The van der Waals surface area contributed by atoms with Crippen molar-refractivity contribution in [2.45, 2.75) is 44.1 Å². The van der Waals surface area contributed by atoms with Crippen LogP contribution in [0.2, 0.25) is 0 Å². The lowest BCUT2D eigenvalue weighted by Gasteiger charge is -2.25. The molecule has 1 aliphatic rings. The maximum absolute atomic E-state index is 11.0. The Morgan fingerprint density at radius 3 is 1.64 bits per heavy atom. The lowest BCUT2D eigenvalue weighted by Crippen LogP contribution is -2.40. The van der Waals surface area contributed by atoms with E-state index >= 15 is 0 Å². The summed E-state index contributed by atoms with van der Waals surface area (Å²) in [4.78, 5) is 0. The van der Waals surface area contributed by atoms with Crippen LogP contribution in [0.5, 0.6) is 0 Å². The molecule has 0 saturated carbocycles. The molecule has 1 saturated heterocycles. The number of ether oxygens (including phenoxy) is 3. The molecule has 33 heavy (non-hydrogen) atoms. The quantitative estimate of drug-likeness (QED) is 0.421. The molecule has 0 unspecified atom stereocenters. The highest BCUT2D eigenvalue weighted by Crippen LogP contribution is 2.31. The molecule has 1 heterocycles. The van der Waals surface area contributed by atoms with Crippen LogP contribution in [-0.4, -0.2) is 41.2 Å². The Morgan fingerprint density at radius 2 is 1.15 bits per heavy atom. The molecule has 0 spiro atoms. The van der Waals surface area contributed by atoms with Gasteiger partial charge in [0.15, 0.2) is 0 Å². The van der Waals surface area contributed by atoms with Gasteiger partial charge >= 0.3 is 0 Å². The number of nitrogens with zero attached hydrogens (tertiary/aromatic N) is 1. The van der Waals surface area contributed by atoms with Crippen molar-refractivity contribution in [1.82, 2.24) is 5.06 Å². The van der Waals surface area contributed by atoms with E-state index in [1.807, 2.05) is 91.0 Å². The highest BCUT2D eigenvalue weighted by molar-refractivity contribution is 5.16. The summed E-state index contributed by atoms with van der Waals surface area (Å²) in [6.07, 6.45) is 0.936. The van der Waals surface area contributed by atoms with Gasteiger partial charge < -0.3 is 19.4 Å². The SMILES string of the molecule is C=C[C@H]1[C@H](OCc2ccccc2)[C@H](OCc2ccccc2)[C@H](COCc2ccccc2)N1O. The van der Waals surface area contributed by atoms with Gasteiger partial charge in [0.25, 0.3) is 0 Å². The van der Waals surface area contributed by atoms with Crippen molar-refractivity contribution in [2.24, 2.45) is 0 Å². The molecule has 0 bridgehead atoms. The summed E-state index contributed by atoms with van der Waals surface area (Å²) in [5.74, 6) is 0. The summed E-state index contributed by atoms with van der Waals surface area (Å²) in [6.45, 7) is 5.55. The van der Waals surface area contributed by atoms with E-state index in [1.54, 1.807) is 6.08 Å². The molecule has 4 atom stereocenters. The van der Waals surface area contributed by atoms with Crippen LogP contribution in [0.3, 0.4) is 0 Å². The van der Waals surface area contributed by atoms with Gasteiger partial charge in [-0.3, -0.25) is 0 Å². The van der Waals surface area contributed by atoms with Crippen LogP contribution in [0, 0.1) is 0 Å². The van der Waals surface area contributed by atoms with Crippen LogP contribution in [-0.2, 0) is 34.0 Å². The molecular weight excluding hydrogens is 414 g/mol. The van der Waals surface area contributed by atoms with E-state index in [1.165, 1.54) is 5.06 Å². The van der Waals surface area contributed by atoms with Gasteiger partial charge in [0.2, 0.25) is 0 Å². The van der Waals surface area contributed by atoms with Gasteiger partial charge in [0, 0.05) is 0 Å². The standard InChI is InChI=1S/C28H31NO4/c1-2-25-27(32-19-23-14-8-4-9-15-23)28(33-20-24-16-10-5-11-17-24)26(29(25)30)21-31-18-22-12-6-3-7-13-22/h2-17,25-28,30H,1,18-21H2/t25-,26-,27-,28+/m0/s1. The van der Waals surface area contributed by atoms with E-state index in [4.69, 9.17) is 14.2 Å². The van der Waals surface area contributed by atoms with E-state index in [0.29, 0.717) is 26.4 Å². The minimum absolute atomic E-state index is 0.306. The van der Waals surface area contributed by atoms with Crippen molar-refractivity contribution in [3.05, 3.63) is 120 Å². The molecule has 0 radical (unpaired) electrons. The fraction of sp³-hybridized carbons (Fsp3) is 0.286. The summed E-state index contributed by atoms with van der Waals surface area (Å²) in [7, 11) is 0. The van der Waals surface area contributed by atoms with E-state index < -0.39 is 12.1 Å². The molecule has 1 N–H and O–H groups in total. The highest BCUT2D eigenvalue weighted by atomic mass is 16.6. The van der Waals surface area contributed by atoms with Crippen molar-refractivity contribution in [3.63, 3.8) is 0 Å². The summed E-state index contributed by atoms with van der Waals surface area (Å²) >= 11 is 0. The molecule has 3 aromatic carbocycles. The van der Waals surface area contributed by atoms with Gasteiger partial charge in [-0.2, -0.15) is 5.06 Å². The first kappa shape index (κ1) is 23.4. The van der Waals surface area contributed by atoms with Crippen LogP contribution in [0.1, 0.15) is 16.7 Å². The number of rotatable bonds is 11.